The molecule has 0 bridgehead atoms. The van der Waals surface area contributed by atoms with Gasteiger partial charge in [-0.2, -0.15) is 5.26 Å². The fraction of sp³-hybridized carbons (Fsp3) is 0.188. The van der Waals surface area contributed by atoms with Crippen molar-refractivity contribution in [2.75, 3.05) is 13.7 Å². The highest BCUT2D eigenvalue weighted by molar-refractivity contribution is 5.77. The van der Waals surface area contributed by atoms with E-state index in [0.29, 0.717) is 6.54 Å². The predicted molar refractivity (Wildman–Crippen MR) is 75.4 cm³/mol. The van der Waals surface area contributed by atoms with E-state index in [9.17, 15) is 0 Å². The summed E-state index contributed by atoms with van der Waals surface area (Å²) in [6.07, 6.45) is 1.78. The summed E-state index contributed by atoms with van der Waals surface area (Å²) in [5, 5.41) is 11.3. The molecule has 0 radical (unpaired) electrons. The van der Waals surface area contributed by atoms with Crippen molar-refractivity contribution in [2.45, 2.75) is 6.10 Å². The molecule has 0 saturated carbocycles. The summed E-state index contributed by atoms with van der Waals surface area (Å²) in [4.78, 5) is 0. The van der Waals surface area contributed by atoms with Gasteiger partial charge in [0.15, 0.2) is 6.19 Å². The van der Waals surface area contributed by atoms with Crippen LogP contribution in [0.4, 0.5) is 0 Å². The molecule has 1 heterocycles. The number of methoxy groups -OCH3 is 1. The Hall–Kier alpha value is -2.67. The number of nitrogens with zero attached hydrogens (tertiary/aromatic N) is 1. The zero-order valence-electron chi connectivity index (χ0n) is 11.1. The van der Waals surface area contributed by atoms with Crippen LogP contribution in [0.3, 0.4) is 0 Å². The molecular weight excluding hydrogens is 252 g/mol. The molecule has 0 fully saturated rings. The minimum atomic E-state index is -0.160. The average molecular weight is 266 g/mol. The van der Waals surface area contributed by atoms with E-state index in [-0.39, 0.29) is 6.10 Å². The Bertz CT molecular complexity index is 676. The Morgan fingerprint density at radius 2 is 2.10 bits per heavy atom. The van der Waals surface area contributed by atoms with Crippen LogP contribution in [0.15, 0.2) is 42.5 Å². The summed E-state index contributed by atoms with van der Waals surface area (Å²) in [6.45, 7) is 0.457. The third-order valence-corrected chi connectivity index (χ3v) is 3.42. The van der Waals surface area contributed by atoms with Crippen molar-refractivity contribution >= 4 is 0 Å². The Kier molecular flexibility index (Phi) is 3.18. The van der Waals surface area contributed by atoms with Crippen molar-refractivity contribution in [1.29, 1.82) is 5.26 Å². The van der Waals surface area contributed by atoms with Gasteiger partial charge < -0.3 is 14.8 Å². The number of nitrogens with one attached hydrogen (secondary N) is 1. The highest BCUT2D eigenvalue weighted by atomic mass is 16.5. The third kappa shape index (κ3) is 2.04. The monoisotopic (exact) mass is 266 g/mol. The van der Waals surface area contributed by atoms with Crippen LogP contribution >= 0.6 is 0 Å². The summed E-state index contributed by atoms with van der Waals surface area (Å²) in [5.74, 6) is 1.62. The molecule has 1 aliphatic rings. The van der Waals surface area contributed by atoms with Gasteiger partial charge in [-0.15, -0.1) is 0 Å². The zero-order valence-corrected chi connectivity index (χ0v) is 11.1. The Morgan fingerprint density at radius 1 is 1.25 bits per heavy atom. The molecule has 3 rings (SSSR count). The number of nitriles is 1. The first-order chi connectivity index (χ1) is 9.83. The molecule has 0 saturated heterocycles. The van der Waals surface area contributed by atoms with Crippen molar-refractivity contribution in [3.05, 3.63) is 48.0 Å². The van der Waals surface area contributed by atoms with Gasteiger partial charge in [0.25, 0.3) is 0 Å². The van der Waals surface area contributed by atoms with Gasteiger partial charge in [-0.1, -0.05) is 24.3 Å². The van der Waals surface area contributed by atoms with Crippen molar-refractivity contribution in [2.24, 2.45) is 0 Å². The molecule has 2 aromatic carbocycles. The van der Waals surface area contributed by atoms with Gasteiger partial charge in [0, 0.05) is 11.1 Å². The molecular formula is C16H14N2O2. The first kappa shape index (κ1) is 12.4. The van der Waals surface area contributed by atoms with Crippen molar-refractivity contribution < 1.29 is 9.47 Å². The van der Waals surface area contributed by atoms with E-state index in [1.54, 1.807) is 7.11 Å². The molecule has 100 valence electrons. The molecule has 0 aromatic heterocycles. The van der Waals surface area contributed by atoms with Crippen LogP contribution in [0.2, 0.25) is 0 Å². The number of hydrogen-bond donors (Lipinski definition) is 1. The van der Waals surface area contributed by atoms with E-state index < -0.39 is 0 Å². The van der Waals surface area contributed by atoms with E-state index in [0.717, 1.165) is 28.2 Å². The topological polar surface area (TPSA) is 54.3 Å². The maximum atomic E-state index is 8.68. The Balaban J connectivity index is 2.08. The maximum absolute atomic E-state index is 8.68. The molecule has 2 aromatic rings. The van der Waals surface area contributed by atoms with E-state index >= 15 is 0 Å². The number of fused-ring (bicyclic) bond motifs is 3. The lowest BCUT2D eigenvalue weighted by atomic mass is 9.92. The normalized spacial score (nSPS) is 15.3. The SMILES string of the molecule is COc1ccc2c(c1)-c1ccccc1C(CNC#N)O2. The van der Waals surface area contributed by atoms with Crippen LogP contribution < -0.4 is 14.8 Å². The number of ether oxygens (including phenoxy) is 2. The van der Waals surface area contributed by atoms with Crippen LogP contribution in [0, 0.1) is 11.5 Å². The summed E-state index contributed by atoms with van der Waals surface area (Å²) >= 11 is 0. The molecule has 0 aliphatic carbocycles. The molecule has 1 unspecified atom stereocenters. The van der Waals surface area contributed by atoms with Crippen molar-refractivity contribution in [1.82, 2.24) is 5.32 Å². The third-order valence-electron chi connectivity index (χ3n) is 3.42. The second kappa shape index (κ2) is 5.14. The smallest absolute Gasteiger partial charge is 0.176 e. The fourth-order valence-corrected chi connectivity index (χ4v) is 2.48. The van der Waals surface area contributed by atoms with Gasteiger partial charge in [0.05, 0.1) is 13.7 Å². The van der Waals surface area contributed by atoms with Crippen LogP contribution in [0.25, 0.3) is 11.1 Å². The standard InChI is InChI=1S/C16H14N2O2/c1-19-11-6-7-15-14(8-11)12-4-2-3-5-13(12)16(20-15)9-18-10-17/h2-8,16,18H,9H2,1H3. The van der Waals surface area contributed by atoms with Crippen LogP contribution in [-0.4, -0.2) is 13.7 Å². The van der Waals surface area contributed by atoms with Gasteiger partial charge >= 0.3 is 0 Å². The largest absolute Gasteiger partial charge is 0.497 e. The highest BCUT2D eigenvalue weighted by Crippen LogP contribution is 2.43. The van der Waals surface area contributed by atoms with E-state index in [1.807, 2.05) is 42.6 Å². The lowest BCUT2D eigenvalue weighted by molar-refractivity contribution is 0.204. The predicted octanol–water partition coefficient (Wildman–Crippen LogP) is 2.87. The molecule has 4 heteroatoms. The van der Waals surface area contributed by atoms with E-state index in [1.165, 1.54) is 0 Å². The number of benzene rings is 2. The minimum Gasteiger partial charge on any atom is -0.497 e. The molecule has 20 heavy (non-hydrogen) atoms. The summed E-state index contributed by atoms with van der Waals surface area (Å²) in [5.41, 5.74) is 3.22. The highest BCUT2D eigenvalue weighted by Gasteiger charge is 2.25. The number of rotatable bonds is 3. The summed E-state index contributed by atoms with van der Waals surface area (Å²) in [7, 11) is 1.65. The van der Waals surface area contributed by atoms with Gasteiger partial charge in [-0.25, -0.2) is 0 Å². The summed E-state index contributed by atoms with van der Waals surface area (Å²) in [6, 6.07) is 13.8. The minimum absolute atomic E-state index is 0.160. The van der Waals surface area contributed by atoms with Gasteiger partial charge in [0.1, 0.15) is 17.6 Å². The number of hydrogen-bond acceptors (Lipinski definition) is 4. The lowest BCUT2D eigenvalue weighted by Crippen LogP contribution is -2.24. The van der Waals surface area contributed by atoms with Crippen LogP contribution in [-0.2, 0) is 0 Å². The second-order valence-corrected chi connectivity index (χ2v) is 4.55. The summed E-state index contributed by atoms with van der Waals surface area (Å²) < 4.78 is 11.3. The Labute approximate surface area is 117 Å². The first-order valence-corrected chi connectivity index (χ1v) is 6.39. The van der Waals surface area contributed by atoms with Gasteiger partial charge in [0.2, 0.25) is 0 Å². The molecule has 1 atom stereocenters. The quantitative estimate of drug-likeness (QED) is 0.685. The Morgan fingerprint density at radius 3 is 2.90 bits per heavy atom. The molecule has 4 nitrogen and oxygen atoms in total. The van der Waals surface area contributed by atoms with E-state index in [4.69, 9.17) is 14.7 Å². The fourth-order valence-electron chi connectivity index (χ4n) is 2.48. The first-order valence-electron chi connectivity index (χ1n) is 6.39. The van der Waals surface area contributed by atoms with Crippen molar-refractivity contribution in [3.8, 4) is 28.8 Å². The lowest BCUT2D eigenvalue weighted by Gasteiger charge is -2.28. The molecule has 0 amide bonds. The molecule has 1 N–H and O–H groups in total. The molecule has 1 aliphatic heterocycles. The molecule has 0 spiro atoms. The van der Waals surface area contributed by atoms with Crippen molar-refractivity contribution in [3.63, 3.8) is 0 Å². The van der Waals surface area contributed by atoms with Gasteiger partial charge in [-0.3, -0.25) is 0 Å². The van der Waals surface area contributed by atoms with Crippen LogP contribution in [0.1, 0.15) is 11.7 Å². The maximum Gasteiger partial charge on any atom is 0.176 e. The zero-order chi connectivity index (χ0) is 13.9. The van der Waals surface area contributed by atoms with Gasteiger partial charge in [-0.05, 0) is 23.8 Å². The average Bonchev–Trinajstić information content (AvgIpc) is 2.52. The second-order valence-electron chi connectivity index (χ2n) is 4.55. The van der Waals surface area contributed by atoms with Crippen LogP contribution in [0.5, 0.6) is 11.5 Å². The van der Waals surface area contributed by atoms with E-state index in [2.05, 4.69) is 11.4 Å².